The monoisotopic (exact) mass is 681 g/mol. The Bertz CT molecular complexity index is 2840. The number of aromatic nitrogens is 3. The minimum atomic E-state index is 0.632. The van der Waals surface area contributed by atoms with Crippen LogP contribution in [-0.2, 0) is 0 Å². The first-order valence-electron chi connectivity index (χ1n) is 18.4. The van der Waals surface area contributed by atoms with Gasteiger partial charge in [-0.15, -0.1) is 0 Å². The van der Waals surface area contributed by atoms with Crippen molar-refractivity contribution < 1.29 is 4.42 Å². The molecule has 53 heavy (non-hydrogen) atoms. The Labute approximate surface area is 308 Å². The lowest BCUT2D eigenvalue weighted by Crippen LogP contribution is -2.05. The normalized spacial score (nSPS) is 14.4. The molecule has 0 N–H and O–H groups in total. The molecule has 0 aliphatic heterocycles. The van der Waals surface area contributed by atoms with Crippen LogP contribution in [0.1, 0.15) is 31.5 Å². The van der Waals surface area contributed by atoms with Gasteiger partial charge in [0.25, 0.3) is 0 Å². The van der Waals surface area contributed by atoms with Gasteiger partial charge in [0.05, 0.1) is 0 Å². The Hall–Kier alpha value is -6.65. The molecule has 0 saturated carbocycles. The highest BCUT2D eigenvalue weighted by Gasteiger charge is 2.19. The van der Waals surface area contributed by atoms with Crippen molar-refractivity contribution in [1.82, 2.24) is 15.0 Å². The second-order valence-electron chi connectivity index (χ2n) is 13.9. The fourth-order valence-electron chi connectivity index (χ4n) is 7.73. The summed E-state index contributed by atoms with van der Waals surface area (Å²) in [7, 11) is 0. The molecule has 0 unspecified atom stereocenters. The molecule has 4 nitrogen and oxygen atoms in total. The third-order valence-electron chi connectivity index (χ3n) is 10.5. The molecule has 10 rings (SSSR count). The molecule has 0 bridgehead atoms. The van der Waals surface area contributed by atoms with Crippen molar-refractivity contribution in [2.24, 2.45) is 0 Å². The average molecular weight is 682 g/mol. The van der Waals surface area contributed by atoms with Gasteiger partial charge in [0.1, 0.15) is 11.2 Å². The molecule has 2 heterocycles. The summed E-state index contributed by atoms with van der Waals surface area (Å²) >= 11 is 0. The molecule has 2 aliphatic rings. The Morgan fingerprint density at radius 3 is 1.96 bits per heavy atom. The van der Waals surface area contributed by atoms with E-state index in [9.17, 15) is 0 Å². The van der Waals surface area contributed by atoms with Gasteiger partial charge in [0, 0.05) is 27.5 Å². The molecule has 0 radical (unpaired) electrons. The summed E-state index contributed by atoms with van der Waals surface area (Å²) in [6.45, 7) is 0. The molecule has 2 aliphatic carbocycles. The van der Waals surface area contributed by atoms with Gasteiger partial charge in [-0.3, -0.25) is 0 Å². The quantitative estimate of drug-likeness (QED) is 0.175. The third-order valence-corrected chi connectivity index (χ3v) is 10.5. The van der Waals surface area contributed by atoms with E-state index in [0.717, 1.165) is 86.7 Å². The van der Waals surface area contributed by atoms with Crippen LogP contribution in [0.15, 0.2) is 179 Å². The SMILES string of the molecule is C1=CCCC(C2=CC=C(c3nc(-c4ccc5ccccc5c4)nc(-c4ccc5c(c4)oc4c(-c6cccc(-c7ccccc7)c6)cccc45)n3)CC2)=C1. The standard InChI is InChI=1S/C49H35N3O/c1-3-11-32(12-4-1)35-21-24-36(25-22-35)47-50-48(40-26-23-34-15-7-8-16-37(34)30-40)52-49(51-47)41-27-28-43-44-20-10-19-42(46(44)53-45(43)31-41)39-18-9-17-38(29-39)33-13-5-2-6-14-33/h1-3,5-11,13-21,23-24,26-31H,4,12,22,25H2. The molecule has 252 valence electrons. The van der Waals surface area contributed by atoms with Crippen LogP contribution in [0.2, 0.25) is 0 Å². The highest BCUT2D eigenvalue weighted by Crippen LogP contribution is 2.39. The van der Waals surface area contributed by atoms with Crippen LogP contribution >= 0.6 is 0 Å². The summed E-state index contributed by atoms with van der Waals surface area (Å²) in [6, 6.07) is 46.7. The summed E-state index contributed by atoms with van der Waals surface area (Å²) in [6.07, 6.45) is 15.2. The average Bonchev–Trinajstić information content (AvgIpc) is 3.62. The first kappa shape index (κ1) is 31.1. The topological polar surface area (TPSA) is 51.8 Å². The molecule has 6 aromatic carbocycles. The van der Waals surface area contributed by atoms with Crippen LogP contribution < -0.4 is 0 Å². The van der Waals surface area contributed by atoms with Crippen molar-refractivity contribution in [3.8, 4) is 45.0 Å². The summed E-state index contributed by atoms with van der Waals surface area (Å²) in [5, 5.41) is 4.49. The van der Waals surface area contributed by atoms with E-state index in [1.807, 2.05) is 6.07 Å². The summed E-state index contributed by atoms with van der Waals surface area (Å²) < 4.78 is 6.72. The molecule has 0 atom stereocenters. The van der Waals surface area contributed by atoms with E-state index in [0.29, 0.717) is 11.6 Å². The number of para-hydroxylation sites is 1. The van der Waals surface area contributed by atoms with Crippen molar-refractivity contribution in [2.75, 3.05) is 0 Å². The van der Waals surface area contributed by atoms with Gasteiger partial charge < -0.3 is 4.42 Å². The molecule has 0 spiro atoms. The van der Waals surface area contributed by atoms with Gasteiger partial charge in [0.2, 0.25) is 0 Å². The van der Waals surface area contributed by atoms with Crippen LogP contribution in [0.3, 0.4) is 0 Å². The molecule has 8 aromatic rings. The Kier molecular flexibility index (Phi) is 7.72. The minimum absolute atomic E-state index is 0.632. The summed E-state index contributed by atoms with van der Waals surface area (Å²) in [5.74, 6) is 2.01. The summed E-state index contributed by atoms with van der Waals surface area (Å²) in [5.41, 5.74) is 12.0. The first-order chi connectivity index (χ1) is 26.2. The smallest absolute Gasteiger partial charge is 0.164 e. The highest BCUT2D eigenvalue weighted by atomic mass is 16.3. The lowest BCUT2D eigenvalue weighted by atomic mass is 9.89. The van der Waals surface area contributed by atoms with Gasteiger partial charge in [-0.2, -0.15) is 0 Å². The van der Waals surface area contributed by atoms with Crippen molar-refractivity contribution in [3.63, 3.8) is 0 Å². The van der Waals surface area contributed by atoms with Gasteiger partial charge in [-0.25, -0.2) is 15.0 Å². The van der Waals surface area contributed by atoms with Gasteiger partial charge >= 0.3 is 0 Å². The fraction of sp³-hybridized carbons (Fsp3) is 0.0816. The third kappa shape index (κ3) is 5.88. The number of hydrogen-bond acceptors (Lipinski definition) is 4. The minimum Gasteiger partial charge on any atom is -0.455 e. The second kappa shape index (κ2) is 13.2. The maximum absolute atomic E-state index is 6.72. The van der Waals surface area contributed by atoms with E-state index < -0.39 is 0 Å². The molecular weight excluding hydrogens is 647 g/mol. The number of allylic oxidation sites excluding steroid dienone is 8. The van der Waals surface area contributed by atoms with Crippen molar-refractivity contribution in [2.45, 2.75) is 25.7 Å². The van der Waals surface area contributed by atoms with Crippen LogP contribution in [-0.4, -0.2) is 15.0 Å². The number of fused-ring (bicyclic) bond motifs is 4. The Morgan fingerprint density at radius 1 is 0.434 bits per heavy atom. The predicted octanol–water partition coefficient (Wildman–Crippen LogP) is 13.0. The van der Waals surface area contributed by atoms with Crippen LogP contribution in [0, 0.1) is 0 Å². The number of hydrogen-bond donors (Lipinski definition) is 0. The van der Waals surface area contributed by atoms with Gasteiger partial charge in [-0.05, 0) is 94.1 Å². The maximum atomic E-state index is 6.72. The fourth-order valence-corrected chi connectivity index (χ4v) is 7.73. The van der Waals surface area contributed by atoms with Crippen LogP contribution in [0.5, 0.6) is 0 Å². The Balaban J connectivity index is 1.08. The van der Waals surface area contributed by atoms with Gasteiger partial charge in [0.15, 0.2) is 17.5 Å². The van der Waals surface area contributed by atoms with E-state index >= 15 is 0 Å². The highest BCUT2D eigenvalue weighted by molar-refractivity contribution is 6.10. The van der Waals surface area contributed by atoms with Crippen LogP contribution in [0.25, 0.3) is 83.3 Å². The first-order valence-corrected chi connectivity index (χ1v) is 18.4. The molecule has 2 aromatic heterocycles. The molecular formula is C49H35N3O. The lowest BCUT2D eigenvalue weighted by molar-refractivity contribution is 0.670. The molecule has 0 amide bonds. The largest absolute Gasteiger partial charge is 0.455 e. The molecule has 0 saturated heterocycles. The van der Waals surface area contributed by atoms with Crippen molar-refractivity contribution in [3.05, 3.63) is 181 Å². The van der Waals surface area contributed by atoms with E-state index in [4.69, 9.17) is 19.4 Å². The van der Waals surface area contributed by atoms with Crippen molar-refractivity contribution in [1.29, 1.82) is 0 Å². The molecule has 4 heteroatoms. The van der Waals surface area contributed by atoms with E-state index in [-0.39, 0.29) is 0 Å². The van der Waals surface area contributed by atoms with E-state index in [2.05, 4.69) is 158 Å². The zero-order valence-corrected chi connectivity index (χ0v) is 29.2. The predicted molar refractivity (Wildman–Crippen MR) is 218 cm³/mol. The van der Waals surface area contributed by atoms with Gasteiger partial charge in [-0.1, -0.05) is 140 Å². The maximum Gasteiger partial charge on any atom is 0.164 e. The lowest BCUT2D eigenvalue weighted by Gasteiger charge is -2.18. The number of nitrogens with zero attached hydrogens (tertiary/aromatic N) is 3. The van der Waals surface area contributed by atoms with Crippen molar-refractivity contribution >= 4 is 38.3 Å². The zero-order chi connectivity index (χ0) is 35.1. The number of furan rings is 1. The van der Waals surface area contributed by atoms with Crippen LogP contribution in [0.4, 0.5) is 0 Å². The zero-order valence-electron chi connectivity index (χ0n) is 29.2. The Morgan fingerprint density at radius 2 is 1.13 bits per heavy atom. The second-order valence-corrected chi connectivity index (χ2v) is 13.9. The van der Waals surface area contributed by atoms with E-state index in [1.165, 1.54) is 27.7 Å². The number of benzene rings is 6. The van der Waals surface area contributed by atoms with E-state index in [1.54, 1.807) is 0 Å². The summed E-state index contributed by atoms with van der Waals surface area (Å²) in [4.78, 5) is 15.3. The molecule has 0 fully saturated rings. The number of rotatable bonds is 6.